The molecule has 22 heavy (non-hydrogen) atoms. The Hall–Kier alpha value is -2.43. The molecule has 1 aliphatic heterocycles. The van der Waals surface area contributed by atoms with Crippen LogP contribution in [0.3, 0.4) is 0 Å². The number of rotatable bonds is 3. The van der Waals surface area contributed by atoms with E-state index in [1.807, 2.05) is 30.3 Å². The molecule has 0 unspecified atom stereocenters. The minimum atomic E-state index is -0.152. The summed E-state index contributed by atoms with van der Waals surface area (Å²) in [6, 6.07) is 9.57. The number of ketones is 1. The van der Waals surface area contributed by atoms with Gasteiger partial charge in [0.05, 0.1) is 6.54 Å². The summed E-state index contributed by atoms with van der Waals surface area (Å²) < 4.78 is 0. The largest absolute Gasteiger partial charge is 0.402 e. The topological polar surface area (TPSA) is 80.5 Å². The molecule has 118 valence electrons. The standard InChI is InChI=1S/C12H13NO2.C5H9NO/c1-9-7-11(14)13(12(9)15)8-10-5-3-2-4-6-10;1-4(6)3-5(2)7/h2-6,9H,7-8H2,1H3;3H,6H2,1-2H3/b;4-3+/t9-;/m0./s1. The summed E-state index contributed by atoms with van der Waals surface area (Å²) in [4.78, 5) is 34.6. The van der Waals surface area contributed by atoms with Crippen LogP contribution in [0.2, 0.25) is 0 Å². The lowest BCUT2D eigenvalue weighted by Gasteiger charge is -2.13. The molecule has 0 aliphatic carbocycles. The van der Waals surface area contributed by atoms with E-state index in [1.165, 1.54) is 17.9 Å². The third kappa shape index (κ3) is 5.52. The number of amides is 2. The van der Waals surface area contributed by atoms with Gasteiger partial charge in [0.25, 0.3) is 0 Å². The van der Waals surface area contributed by atoms with Gasteiger partial charge in [0.2, 0.25) is 11.8 Å². The molecule has 1 heterocycles. The SMILES string of the molecule is CC(=O)/C=C(\C)N.C[C@H]1CC(=O)N(Cc2ccccc2)C1=O. The number of allylic oxidation sites excluding steroid dienone is 2. The highest BCUT2D eigenvalue weighted by molar-refractivity contribution is 6.03. The van der Waals surface area contributed by atoms with Crippen molar-refractivity contribution in [3.8, 4) is 0 Å². The highest BCUT2D eigenvalue weighted by Crippen LogP contribution is 2.20. The quantitative estimate of drug-likeness (QED) is 0.684. The van der Waals surface area contributed by atoms with Gasteiger partial charge in [0.1, 0.15) is 0 Å². The van der Waals surface area contributed by atoms with Gasteiger partial charge in [-0.1, -0.05) is 37.3 Å². The number of nitrogens with two attached hydrogens (primary N) is 1. The fraction of sp³-hybridized carbons (Fsp3) is 0.353. The molecule has 5 heteroatoms. The molecular weight excluding hydrogens is 280 g/mol. The van der Waals surface area contributed by atoms with Crippen molar-refractivity contribution in [3.05, 3.63) is 47.7 Å². The summed E-state index contributed by atoms with van der Waals surface area (Å²) in [5.74, 6) is -0.263. The Kier molecular flexibility index (Phi) is 6.50. The molecule has 0 radical (unpaired) electrons. The fourth-order valence-corrected chi connectivity index (χ4v) is 2.10. The van der Waals surface area contributed by atoms with E-state index in [2.05, 4.69) is 0 Å². The first-order chi connectivity index (χ1) is 10.3. The molecule has 1 fully saturated rings. The van der Waals surface area contributed by atoms with Gasteiger partial charge in [-0.05, 0) is 25.5 Å². The molecule has 1 aromatic carbocycles. The number of carbonyl (C=O) groups excluding carboxylic acids is 3. The van der Waals surface area contributed by atoms with Crippen LogP contribution in [0.5, 0.6) is 0 Å². The predicted molar refractivity (Wildman–Crippen MR) is 84.4 cm³/mol. The van der Waals surface area contributed by atoms with Crippen LogP contribution in [-0.2, 0) is 20.9 Å². The Morgan fingerprint density at radius 2 is 1.86 bits per heavy atom. The smallest absolute Gasteiger partial charge is 0.232 e. The van der Waals surface area contributed by atoms with E-state index >= 15 is 0 Å². The summed E-state index contributed by atoms with van der Waals surface area (Å²) in [5, 5.41) is 0. The molecule has 2 amide bonds. The molecule has 0 saturated carbocycles. The summed E-state index contributed by atoms with van der Waals surface area (Å²) in [6.45, 7) is 5.35. The van der Waals surface area contributed by atoms with Crippen molar-refractivity contribution >= 4 is 17.6 Å². The van der Waals surface area contributed by atoms with Gasteiger partial charge >= 0.3 is 0 Å². The number of hydrogen-bond acceptors (Lipinski definition) is 4. The van der Waals surface area contributed by atoms with Gasteiger partial charge in [0, 0.05) is 18.0 Å². The van der Waals surface area contributed by atoms with Crippen LogP contribution in [0.25, 0.3) is 0 Å². The fourth-order valence-electron chi connectivity index (χ4n) is 2.10. The second-order valence-electron chi connectivity index (χ2n) is 5.41. The number of nitrogens with zero attached hydrogens (tertiary/aromatic N) is 1. The van der Waals surface area contributed by atoms with Gasteiger partial charge in [-0.25, -0.2) is 0 Å². The number of hydrogen-bond donors (Lipinski definition) is 1. The Morgan fingerprint density at radius 3 is 2.23 bits per heavy atom. The summed E-state index contributed by atoms with van der Waals surface area (Å²) in [7, 11) is 0. The maximum absolute atomic E-state index is 11.6. The number of likely N-dealkylation sites (tertiary alicyclic amines) is 1. The van der Waals surface area contributed by atoms with Crippen LogP contribution in [-0.4, -0.2) is 22.5 Å². The van der Waals surface area contributed by atoms with Gasteiger partial charge in [-0.2, -0.15) is 0 Å². The highest BCUT2D eigenvalue weighted by Gasteiger charge is 2.35. The lowest BCUT2D eigenvalue weighted by Crippen LogP contribution is -2.29. The van der Waals surface area contributed by atoms with E-state index in [4.69, 9.17) is 5.73 Å². The van der Waals surface area contributed by atoms with Crippen molar-refractivity contribution < 1.29 is 14.4 Å². The van der Waals surface area contributed by atoms with Crippen LogP contribution < -0.4 is 5.73 Å². The molecule has 1 aliphatic rings. The van der Waals surface area contributed by atoms with Gasteiger partial charge in [0.15, 0.2) is 5.78 Å². The van der Waals surface area contributed by atoms with Crippen LogP contribution in [0.4, 0.5) is 0 Å². The summed E-state index contributed by atoms with van der Waals surface area (Å²) in [5.41, 5.74) is 6.69. The molecule has 0 aromatic heterocycles. The van der Waals surface area contributed by atoms with E-state index in [9.17, 15) is 14.4 Å². The Morgan fingerprint density at radius 1 is 1.27 bits per heavy atom. The molecule has 2 N–H and O–H groups in total. The van der Waals surface area contributed by atoms with E-state index in [0.717, 1.165) is 5.56 Å². The number of carbonyl (C=O) groups is 3. The third-order valence-electron chi connectivity index (χ3n) is 3.08. The van der Waals surface area contributed by atoms with E-state index in [1.54, 1.807) is 13.8 Å². The molecule has 0 spiro atoms. The van der Waals surface area contributed by atoms with E-state index in [0.29, 0.717) is 18.7 Å². The Bertz CT molecular complexity index is 575. The molecular formula is C17H22N2O3. The molecule has 0 bridgehead atoms. The lowest BCUT2D eigenvalue weighted by atomic mass is 10.1. The van der Waals surface area contributed by atoms with Crippen molar-refractivity contribution in [2.75, 3.05) is 0 Å². The van der Waals surface area contributed by atoms with Gasteiger partial charge < -0.3 is 5.73 Å². The highest BCUT2D eigenvalue weighted by atomic mass is 16.2. The van der Waals surface area contributed by atoms with Crippen molar-refractivity contribution in [2.24, 2.45) is 11.7 Å². The zero-order valence-electron chi connectivity index (χ0n) is 13.2. The summed E-state index contributed by atoms with van der Waals surface area (Å²) in [6.07, 6.45) is 1.74. The minimum absolute atomic E-state index is 0.000000000000000444. The van der Waals surface area contributed by atoms with Crippen LogP contribution >= 0.6 is 0 Å². The van der Waals surface area contributed by atoms with Crippen molar-refractivity contribution in [1.82, 2.24) is 4.90 Å². The van der Waals surface area contributed by atoms with Crippen molar-refractivity contribution in [3.63, 3.8) is 0 Å². The number of imide groups is 1. The zero-order valence-corrected chi connectivity index (χ0v) is 13.2. The molecule has 2 rings (SSSR count). The van der Waals surface area contributed by atoms with Crippen molar-refractivity contribution in [1.29, 1.82) is 0 Å². The maximum atomic E-state index is 11.6. The van der Waals surface area contributed by atoms with Crippen LogP contribution in [0, 0.1) is 5.92 Å². The maximum Gasteiger partial charge on any atom is 0.232 e. The second-order valence-corrected chi connectivity index (χ2v) is 5.41. The van der Waals surface area contributed by atoms with Gasteiger partial charge in [-0.3, -0.25) is 19.3 Å². The van der Waals surface area contributed by atoms with E-state index < -0.39 is 0 Å². The molecule has 1 atom stereocenters. The first-order valence-corrected chi connectivity index (χ1v) is 7.13. The second kappa shape index (κ2) is 8.12. The third-order valence-corrected chi connectivity index (χ3v) is 3.08. The Balaban J connectivity index is 0.000000295. The molecule has 1 aromatic rings. The van der Waals surface area contributed by atoms with Crippen molar-refractivity contribution in [2.45, 2.75) is 33.7 Å². The number of benzene rings is 1. The molecule has 5 nitrogen and oxygen atoms in total. The van der Waals surface area contributed by atoms with E-state index in [-0.39, 0.29) is 23.5 Å². The van der Waals surface area contributed by atoms with Gasteiger partial charge in [-0.15, -0.1) is 0 Å². The normalized spacial score (nSPS) is 18.0. The van der Waals surface area contributed by atoms with Crippen LogP contribution in [0.15, 0.2) is 42.1 Å². The Labute approximate surface area is 130 Å². The minimum Gasteiger partial charge on any atom is -0.402 e. The first-order valence-electron chi connectivity index (χ1n) is 7.13. The average molecular weight is 302 g/mol. The summed E-state index contributed by atoms with van der Waals surface area (Å²) >= 11 is 0. The molecule has 1 saturated heterocycles. The average Bonchev–Trinajstić information content (AvgIpc) is 2.66. The predicted octanol–water partition coefficient (Wildman–Crippen LogP) is 2.02. The monoisotopic (exact) mass is 302 g/mol. The van der Waals surface area contributed by atoms with Crippen LogP contribution in [0.1, 0.15) is 32.8 Å². The first kappa shape index (κ1) is 17.6. The zero-order chi connectivity index (χ0) is 16.7. The lowest BCUT2D eigenvalue weighted by molar-refractivity contribution is -0.139.